The van der Waals surface area contributed by atoms with Gasteiger partial charge in [-0.25, -0.2) is 18.0 Å². The first-order valence-corrected chi connectivity index (χ1v) is 9.34. The minimum atomic E-state index is -2.65. The van der Waals surface area contributed by atoms with E-state index in [1.165, 1.54) is 36.4 Å². The molecule has 31 heavy (non-hydrogen) atoms. The number of carboxylic acids is 1. The highest BCUT2D eigenvalue weighted by Gasteiger charge is 2.27. The van der Waals surface area contributed by atoms with Crippen LogP contribution in [0.3, 0.4) is 0 Å². The van der Waals surface area contributed by atoms with Gasteiger partial charge in [-0.1, -0.05) is 35.9 Å². The molecule has 0 aliphatic heterocycles. The van der Waals surface area contributed by atoms with Crippen molar-refractivity contribution in [1.82, 2.24) is 0 Å². The van der Waals surface area contributed by atoms with Gasteiger partial charge in [-0.15, -0.1) is 0 Å². The SMILES string of the molecule is CC(C)=CCc1c(OC(F)C(F)CF)cc(C=Cc2ccc(F)cc2)c(C(=O)O)c1O. The summed E-state index contributed by atoms with van der Waals surface area (Å²) in [7, 11) is 0. The molecule has 0 fully saturated rings. The van der Waals surface area contributed by atoms with E-state index in [-0.39, 0.29) is 23.3 Å². The number of hydrogen-bond donors (Lipinski definition) is 2. The minimum Gasteiger partial charge on any atom is -0.507 e. The number of benzene rings is 2. The zero-order valence-electron chi connectivity index (χ0n) is 16.9. The van der Waals surface area contributed by atoms with Crippen LogP contribution in [0.25, 0.3) is 12.2 Å². The topological polar surface area (TPSA) is 66.8 Å². The first kappa shape index (κ1) is 24.0. The molecule has 4 nitrogen and oxygen atoms in total. The number of aromatic carboxylic acids is 1. The van der Waals surface area contributed by atoms with Gasteiger partial charge in [0.25, 0.3) is 6.36 Å². The van der Waals surface area contributed by atoms with E-state index in [0.29, 0.717) is 5.56 Å². The smallest absolute Gasteiger partial charge is 0.340 e. The van der Waals surface area contributed by atoms with Crippen LogP contribution in [0.5, 0.6) is 11.5 Å². The van der Waals surface area contributed by atoms with Crippen molar-refractivity contribution in [2.75, 3.05) is 6.67 Å². The first-order chi connectivity index (χ1) is 14.6. The van der Waals surface area contributed by atoms with Gasteiger partial charge in [0, 0.05) is 5.56 Å². The molecular weight excluding hydrogens is 416 g/mol. The lowest BCUT2D eigenvalue weighted by atomic mass is 9.97. The van der Waals surface area contributed by atoms with E-state index in [9.17, 15) is 32.6 Å². The van der Waals surface area contributed by atoms with E-state index in [4.69, 9.17) is 4.74 Å². The minimum absolute atomic E-state index is 0.0228. The highest BCUT2D eigenvalue weighted by molar-refractivity contribution is 5.97. The summed E-state index contributed by atoms with van der Waals surface area (Å²) in [5.74, 6) is -2.90. The van der Waals surface area contributed by atoms with E-state index in [2.05, 4.69) is 0 Å². The lowest BCUT2D eigenvalue weighted by Crippen LogP contribution is -2.26. The van der Waals surface area contributed by atoms with E-state index in [0.717, 1.165) is 11.6 Å². The number of allylic oxidation sites excluding steroid dienone is 2. The molecule has 0 amide bonds. The molecule has 0 radical (unpaired) electrons. The molecule has 0 spiro atoms. The molecule has 2 N–H and O–H groups in total. The number of rotatable bonds is 9. The molecule has 2 rings (SSSR count). The fourth-order valence-electron chi connectivity index (χ4n) is 2.69. The van der Waals surface area contributed by atoms with Crippen molar-refractivity contribution in [3.63, 3.8) is 0 Å². The lowest BCUT2D eigenvalue weighted by Gasteiger charge is -2.19. The summed E-state index contributed by atoms with van der Waals surface area (Å²) in [5, 5.41) is 20.2. The van der Waals surface area contributed by atoms with Crippen molar-refractivity contribution in [2.45, 2.75) is 32.8 Å². The standard InChI is InChI=1S/C23H22F4O4/c1-13(2)3-10-17-19(31-22(27)18(26)12-24)11-15(20(21(17)28)23(29)30)7-4-14-5-8-16(25)9-6-14/h3-9,11,18,22,28H,10,12H2,1-2H3,(H,29,30). The Morgan fingerprint density at radius 3 is 2.35 bits per heavy atom. The summed E-state index contributed by atoms with van der Waals surface area (Å²) in [4.78, 5) is 11.8. The third-order valence-electron chi connectivity index (χ3n) is 4.32. The van der Waals surface area contributed by atoms with Crippen molar-refractivity contribution >= 4 is 18.1 Å². The van der Waals surface area contributed by atoms with Crippen LogP contribution in [0.4, 0.5) is 17.6 Å². The highest BCUT2D eigenvalue weighted by atomic mass is 19.2. The largest absolute Gasteiger partial charge is 0.507 e. The van der Waals surface area contributed by atoms with Gasteiger partial charge in [0.15, 0.2) is 6.17 Å². The van der Waals surface area contributed by atoms with Crippen LogP contribution >= 0.6 is 0 Å². The number of carboxylic acid groups (broad SMARTS) is 1. The maximum atomic E-state index is 14.0. The first-order valence-electron chi connectivity index (χ1n) is 9.34. The zero-order chi connectivity index (χ0) is 23.1. The highest BCUT2D eigenvalue weighted by Crippen LogP contribution is 2.37. The van der Waals surface area contributed by atoms with E-state index in [1.807, 2.05) is 0 Å². The molecule has 0 heterocycles. The molecule has 166 valence electrons. The molecule has 2 unspecified atom stereocenters. The molecule has 0 aromatic heterocycles. The average molecular weight is 438 g/mol. The van der Waals surface area contributed by atoms with Crippen LogP contribution in [0.2, 0.25) is 0 Å². The van der Waals surface area contributed by atoms with Crippen LogP contribution in [0.1, 0.15) is 40.9 Å². The zero-order valence-corrected chi connectivity index (χ0v) is 16.9. The summed E-state index contributed by atoms with van der Waals surface area (Å²) in [6, 6.07) is 6.43. The van der Waals surface area contributed by atoms with Gasteiger partial charge < -0.3 is 14.9 Å². The van der Waals surface area contributed by atoms with E-state index in [1.54, 1.807) is 19.9 Å². The van der Waals surface area contributed by atoms with Crippen LogP contribution in [-0.4, -0.2) is 35.4 Å². The molecule has 0 saturated heterocycles. The fraction of sp³-hybridized carbons (Fsp3) is 0.261. The number of aromatic hydroxyl groups is 1. The Hall–Kier alpha value is -3.29. The summed E-state index contributed by atoms with van der Waals surface area (Å²) in [6.07, 6.45) is -0.826. The Kier molecular flexibility index (Phi) is 8.24. The quantitative estimate of drug-likeness (QED) is 0.291. The van der Waals surface area contributed by atoms with Gasteiger partial charge in [-0.05, 0) is 49.6 Å². The van der Waals surface area contributed by atoms with Crippen molar-refractivity contribution in [3.8, 4) is 11.5 Å². The van der Waals surface area contributed by atoms with Crippen molar-refractivity contribution < 1.29 is 37.3 Å². The molecule has 0 aliphatic carbocycles. The van der Waals surface area contributed by atoms with Gasteiger partial charge in [-0.3, -0.25) is 0 Å². The van der Waals surface area contributed by atoms with Crippen molar-refractivity contribution in [2.24, 2.45) is 0 Å². The molecule has 2 aromatic rings. The van der Waals surface area contributed by atoms with Crippen molar-refractivity contribution in [3.05, 3.63) is 70.1 Å². The number of hydrogen-bond acceptors (Lipinski definition) is 3. The van der Waals surface area contributed by atoms with E-state index >= 15 is 0 Å². The summed E-state index contributed by atoms with van der Waals surface area (Å²) in [6.45, 7) is 1.91. The second-order valence-corrected chi connectivity index (χ2v) is 6.98. The Bertz CT molecular complexity index is 980. The van der Waals surface area contributed by atoms with Gasteiger partial charge in [0.1, 0.15) is 29.6 Å². The molecule has 2 aromatic carbocycles. The van der Waals surface area contributed by atoms with Gasteiger partial charge in [0.2, 0.25) is 0 Å². The summed E-state index contributed by atoms with van der Waals surface area (Å²) >= 11 is 0. The third kappa shape index (κ3) is 6.34. The third-order valence-corrected chi connectivity index (χ3v) is 4.32. The average Bonchev–Trinajstić information content (AvgIpc) is 2.71. The summed E-state index contributed by atoms with van der Waals surface area (Å²) in [5.41, 5.74) is 0.740. The lowest BCUT2D eigenvalue weighted by molar-refractivity contribution is -0.0154. The van der Waals surface area contributed by atoms with Crippen LogP contribution < -0.4 is 4.74 Å². The van der Waals surface area contributed by atoms with Crippen molar-refractivity contribution in [1.29, 1.82) is 0 Å². The Morgan fingerprint density at radius 2 is 1.81 bits per heavy atom. The fourth-order valence-corrected chi connectivity index (χ4v) is 2.69. The molecular formula is C23H22F4O4. The number of alkyl halides is 3. The van der Waals surface area contributed by atoms with Crippen LogP contribution in [0, 0.1) is 5.82 Å². The second kappa shape index (κ2) is 10.7. The maximum Gasteiger partial charge on any atom is 0.340 e. The molecule has 8 heteroatoms. The number of carbonyl (C=O) groups is 1. The summed E-state index contributed by atoms with van der Waals surface area (Å²) < 4.78 is 57.8. The van der Waals surface area contributed by atoms with Gasteiger partial charge in [-0.2, -0.15) is 4.39 Å². The maximum absolute atomic E-state index is 14.0. The Morgan fingerprint density at radius 1 is 1.16 bits per heavy atom. The van der Waals surface area contributed by atoms with E-state index < -0.39 is 42.3 Å². The van der Waals surface area contributed by atoms with Crippen LogP contribution in [-0.2, 0) is 6.42 Å². The van der Waals surface area contributed by atoms with Gasteiger partial charge >= 0.3 is 5.97 Å². The molecule has 0 bridgehead atoms. The Labute approximate surface area is 177 Å². The van der Waals surface area contributed by atoms with Crippen LogP contribution in [0.15, 0.2) is 42.0 Å². The number of halogens is 4. The molecule has 2 atom stereocenters. The van der Waals surface area contributed by atoms with Gasteiger partial charge in [0.05, 0.1) is 0 Å². The number of ether oxygens (including phenoxy) is 1. The Balaban J connectivity index is 2.60. The predicted molar refractivity (Wildman–Crippen MR) is 110 cm³/mol. The predicted octanol–water partition coefficient (Wildman–Crippen LogP) is 5.89. The number of phenols is 1. The molecule has 0 aliphatic rings. The second-order valence-electron chi connectivity index (χ2n) is 6.98. The monoisotopic (exact) mass is 438 g/mol. The molecule has 0 saturated carbocycles. The normalized spacial score (nSPS) is 13.1.